The minimum absolute atomic E-state index is 0.112. The number of carboxylic acids is 1. The second kappa shape index (κ2) is 7.23. The molecule has 0 aliphatic carbocycles. The van der Waals surface area contributed by atoms with Gasteiger partial charge in [0.15, 0.2) is 0 Å². The number of carbonyl (C=O) groups excluding carboxylic acids is 1. The van der Waals surface area contributed by atoms with Crippen LogP contribution in [0.25, 0.3) is 0 Å². The lowest BCUT2D eigenvalue weighted by molar-refractivity contribution is -0.140. The number of nitrogens with zero attached hydrogens (tertiary/aromatic N) is 1. The maximum atomic E-state index is 11.3. The Labute approximate surface area is 90.5 Å². The summed E-state index contributed by atoms with van der Waals surface area (Å²) in [7, 11) is 3.93. The highest BCUT2D eigenvalue weighted by Crippen LogP contribution is 2.01. The molecule has 0 aliphatic rings. The predicted molar refractivity (Wildman–Crippen MR) is 57.6 cm³/mol. The number of amides is 1. The topological polar surface area (TPSA) is 69.6 Å². The predicted octanol–water partition coefficient (Wildman–Crippen LogP) is 0.165. The second-order valence-corrected chi connectivity index (χ2v) is 3.95. The summed E-state index contributed by atoms with van der Waals surface area (Å²) < 4.78 is 0. The highest BCUT2D eigenvalue weighted by molar-refractivity contribution is 5.82. The molecule has 0 saturated carbocycles. The molecule has 0 spiro atoms. The van der Waals surface area contributed by atoms with E-state index in [1.54, 1.807) is 6.92 Å². The highest BCUT2D eigenvalue weighted by Gasteiger charge is 2.15. The van der Waals surface area contributed by atoms with Crippen LogP contribution in [0.1, 0.15) is 19.8 Å². The van der Waals surface area contributed by atoms with E-state index < -0.39 is 11.9 Å². The first kappa shape index (κ1) is 13.9. The lowest BCUT2D eigenvalue weighted by Gasteiger charge is -2.12. The molecule has 15 heavy (non-hydrogen) atoms. The van der Waals surface area contributed by atoms with Gasteiger partial charge in [0, 0.05) is 12.5 Å². The van der Waals surface area contributed by atoms with Gasteiger partial charge in [-0.2, -0.15) is 0 Å². The highest BCUT2D eigenvalue weighted by atomic mass is 16.4. The Bertz CT molecular complexity index is 217. The van der Waals surface area contributed by atoms with Crippen LogP contribution < -0.4 is 5.32 Å². The number of carbonyl (C=O) groups is 2. The number of nitrogens with one attached hydrogen (secondary N) is 1. The maximum Gasteiger partial charge on any atom is 0.304 e. The minimum atomic E-state index is -0.939. The van der Waals surface area contributed by atoms with Gasteiger partial charge in [-0.25, -0.2) is 0 Å². The van der Waals surface area contributed by atoms with Gasteiger partial charge in [-0.1, -0.05) is 6.92 Å². The number of rotatable bonds is 7. The molecule has 0 heterocycles. The summed E-state index contributed by atoms with van der Waals surface area (Å²) in [6.45, 7) is 3.13. The Morgan fingerprint density at radius 1 is 1.40 bits per heavy atom. The molecular weight excluding hydrogens is 196 g/mol. The van der Waals surface area contributed by atoms with Gasteiger partial charge in [0.1, 0.15) is 0 Å². The third-order valence-corrected chi connectivity index (χ3v) is 2.01. The maximum absolute atomic E-state index is 11.3. The van der Waals surface area contributed by atoms with E-state index in [1.165, 1.54) is 0 Å². The summed E-state index contributed by atoms with van der Waals surface area (Å²) in [4.78, 5) is 23.7. The van der Waals surface area contributed by atoms with Crippen LogP contribution in [0.4, 0.5) is 0 Å². The molecule has 0 radical (unpaired) electrons. The van der Waals surface area contributed by atoms with Crippen molar-refractivity contribution in [2.45, 2.75) is 19.8 Å². The zero-order chi connectivity index (χ0) is 11.8. The normalized spacial score (nSPS) is 12.5. The van der Waals surface area contributed by atoms with Crippen molar-refractivity contribution in [3.05, 3.63) is 0 Å². The van der Waals surface area contributed by atoms with Crippen molar-refractivity contribution >= 4 is 11.9 Å². The van der Waals surface area contributed by atoms with E-state index in [0.717, 1.165) is 13.0 Å². The molecule has 0 rings (SSSR count). The summed E-state index contributed by atoms with van der Waals surface area (Å²) >= 11 is 0. The third kappa shape index (κ3) is 7.93. The zero-order valence-corrected chi connectivity index (χ0v) is 9.62. The molecule has 1 atom stereocenters. The fourth-order valence-corrected chi connectivity index (χ4v) is 1.14. The first-order valence-electron chi connectivity index (χ1n) is 5.07. The zero-order valence-electron chi connectivity index (χ0n) is 9.62. The Morgan fingerprint density at radius 3 is 2.47 bits per heavy atom. The fourth-order valence-electron chi connectivity index (χ4n) is 1.14. The minimum Gasteiger partial charge on any atom is -0.481 e. The van der Waals surface area contributed by atoms with Crippen molar-refractivity contribution in [1.29, 1.82) is 0 Å². The lowest BCUT2D eigenvalue weighted by Crippen LogP contribution is -2.32. The monoisotopic (exact) mass is 216 g/mol. The van der Waals surface area contributed by atoms with Gasteiger partial charge >= 0.3 is 5.97 Å². The van der Waals surface area contributed by atoms with E-state index in [2.05, 4.69) is 5.32 Å². The second-order valence-electron chi connectivity index (χ2n) is 3.95. The molecular formula is C10H20N2O3. The van der Waals surface area contributed by atoms with Crippen LogP contribution in [0.3, 0.4) is 0 Å². The Hall–Kier alpha value is -1.10. The van der Waals surface area contributed by atoms with Crippen molar-refractivity contribution in [3.63, 3.8) is 0 Å². The van der Waals surface area contributed by atoms with Gasteiger partial charge in [-0.15, -0.1) is 0 Å². The molecule has 5 heteroatoms. The summed E-state index contributed by atoms with van der Waals surface area (Å²) in [5.74, 6) is -1.58. The average Bonchev–Trinajstić information content (AvgIpc) is 2.10. The van der Waals surface area contributed by atoms with Crippen molar-refractivity contribution in [3.8, 4) is 0 Å². The van der Waals surface area contributed by atoms with E-state index in [4.69, 9.17) is 5.11 Å². The number of carboxylic acid groups (broad SMARTS) is 1. The summed E-state index contributed by atoms with van der Waals surface area (Å²) in [5.41, 5.74) is 0. The molecule has 5 nitrogen and oxygen atoms in total. The summed E-state index contributed by atoms with van der Waals surface area (Å²) in [6.07, 6.45) is 0.762. The summed E-state index contributed by atoms with van der Waals surface area (Å²) in [6, 6.07) is 0. The van der Waals surface area contributed by atoms with Gasteiger partial charge < -0.3 is 15.3 Å². The van der Waals surface area contributed by atoms with Gasteiger partial charge in [0.05, 0.1) is 6.42 Å². The van der Waals surface area contributed by atoms with Crippen LogP contribution in [0.2, 0.25) is 0 Å². The Morgan fingerprint density at radius 2 is 2.00 bits per heavy atom. The molecule has 88 valence electrons. The lowest BCUT2D eigenvalue weighted by atomic mass is 10.1. The van der Waals surface area contributed by atoms with E-state index in [-0.39, 0.29) is 12.3 Å². The SMILES string of the molecule is CC(CC(=O)O)C(=O)NCCCN(C)C. The molecule has 2 N–H and O–H groups in total. The molecule has 1 unspecified atom stereocenters. The van der Waals surface area contributed by atoms with E-state index in [0.29, 0.717) is 6.54 Å². The van der Waals surface area contributed by atoms with Gasteiger partial charge in [0.25, 0.3) is 0 Å². The Kier molecular flexibility index (Phi) is 6.70. The van der Waals surface area contributed by atoms with Crippen LogP contribution in [0.15, 0.2) is 0 Å². The molecule has 0 bridgehead atoms. The molecule has 0 aromatic rings. The van der Waals surface area contributed by atoms with Crippen LogP contribution in [-0.4, -0.2) is 49.1 Å². The molecule has 0 fully saturated rings. The van der Waals surface area contributed by atoms with E-state index in [1.807, 2.05) is 19.0 Å². The van der Waals surface area contributed by atoms with Gasteiger partial charge in [-0.05, 0) is 27.1 Å². The number of hydrogen-bond acceptors (Lipinski definition) is 3. The molecule has 1 amide bonds. The van der Waals surface area contributed by atoms with Gasteiger partial charge in [-0.3, -0.25) is 9.59 Å². The van der Waals surface area contributed by atoms with Gasteiger partial charge in [0.2, 0.25) is 5.91 Å². The quantitative estimate of drug-likeness (QED) is 0.595. The van der Waals surface area contributed by atoms with Crippen LogP contribution in [0.5, 0.6) is 0 Å². The molecule has 0 saturated heterocycles. The van der Waals surface area contributed by atoms with Crippen molar-refractivity contribution in [2.24, 2.45) is 5.92 Å². The van der Waals surface area contributed by atoms with E-state index in [9.17, 15) is 9.59 Å². The smallest absolute Gasteiger partial charge is 0.304 e. The van der Waals surface area contributed by atoms with Crippen LogP contribution in [0, 0.1) is 5.92 Å². The molecule has 0 aromatic heterocycles. The van der Waals surface area contributed by atoms with E-state index >= 15 is 0 Å². The molecule has 0 aliphatic heterocycles. The van der Waals surface area contributed by atoms with Crippen molar-refractivity contribution in [2.75, 3.05) is 27.2 Å². The third-order valence-electron chi connectivity index (χ3n) is 2.01. The first-order valence-corrected chi connectivity index (χ1v) is 5.07. The standard InChI is InChI=1S/C10H20N2O3/c1-8(7-9(13)14)10(15)11-5-4-6-12(2)3/h8H,4-7H2,1-3H3,(H,11,15)(H,13,14). The first-order chi connectivity index (χ1) is 6.93. The van der Waals surface area contributed by atoms with Crippen molar-refractivity contribution < 1.29 is 14.7 Å². The Balaban J connectivity index is 3.60. The largest absolute Gasteiger partial charge is 0.481 e. The number of hydrogen-bond donors (Lipinski definition) is 2. The molecule has 0 aromatic carbocycles. The number of aliphatic carboxylic acids is 1. The average molecular weight is 216 g/mol. The van der Waals surface area contributed by atoms with Crippen molar-refractivity contribution in [1.82, 2.24) is 10.2 Å². The fraction of sp³-hybridized carbons (Fsp3) is 0.800. The van der Waals surface area contributed by atoms with Crippen LogP contribution >= 0.6 is 0 Å². The summed E-state index contributed by atoms with van der Waals surface area (Å²) in [5, 5.41) is 11.2. The van der Waals surface area contributed by atoms with Crippen LogP contribution in [-0.2, 0) is 9.59 Å².